The number of rotatable bonds is 2. The second kappa shape index (κ2) is 3.66. The first-order valence-corrected chi connectivity index (χ1v) is 5.07. The Kier molecular flexibility index (Phi) is 2.48. The second-order valence-corrected chi connectivity index (χ2v) is 4.13. The van der Waals surface area contributed by atoms with Crippen LogP contribution in [0.25, 0.3) is 0 Å². The van der Waals surface area contributed by atoms with Crippen LogP contribution in [0.1, 0.15) is 20.3 Å². The number of nitrogen functional groups attached to an aromatic ring is 1. The maximum atomic E-state index is 5.77. The van der Waals surface area contributed by atoms with E-state index in [1.54, 1.807) is 6.20 Å². The zero-order valence-corrected chi connectivity index (χ0v) is 9.03. The second-order valence-electron chi connectivity index (χ2n) is 4.13. The molecule has 2 unspecified atom stereocenters. The lowest BCUT2D eigenvalue weighted by atomic mass is 9.95. The van der Waals surface area contributed by atoms with E-state index in [0.29, 0.717) is 11.5 Å². The molecule has 5 nitrogen and oxygen atoms in total. The summed E-state index contributed by atoms with van der Waals surface area (Å²) in [7, 11) is 0. The van der Waals surface area contributed by atoms with Crippen LogP contribution in [0, 0.1) is 0 Å². The lowest BCUT2D eigenvalue weighted by Gasteiger charge is -2.29. The van der Waals surface area contributed by atoms with Crippen LogP contribution in [0.15, 0.2) is 12.5 Å². The predicted octanol–water partition coefficient (Wildman–Crippen LogP) is 1.04. The van der Waals surface area contributed by atoms with Crippen LogP contribution < -0.4 is 11.1 Å². The summed E-state index contributed by atoms with van der Waals surface area (Å²) in [6.45, 7) is 4.94. The molecule has 0 aromatic carbocycles. The van der Waals surface area contributed by atoms with Crippen LogP contribution in [-0.2, 0) is 4.74 Å². The van der Waals surface area contributed by atoms with Crippen LogP contribution in [-0.4, -0.2) is 28.2 Å². The minimum absolute atomic E-state index is 0.0948. The van der Waals surface area contributed by atoms with Crippen molar-refractivity contribution in [3.8, 4) is 0 Å². The number of nitrogens with one attached hydrogen (secondary N) is 1. The summed E-state index contributed by atoms with van der Waals surface area (Å²) in [5.41, 5.74) is 6.25. The fourth-order valence-electron chi connectivity index (χ4n) is 1.71. The van der Waals surface area contributed by atoms with Crippen LogP contribution in [0.3, 0.4) is 0 Å². The molecular weight excluding hydrogens is 192 g/mol. The summed E-state index contributed by atoms with van der Waals surface area (Å²) in [5, 5.41) is 3.33. The molecule has 0 amide bonds. The number of ether oxygens (including phenoxy) is 1. The van der Waals surface area contributed by atoms with Crippen molar-refractivity contribution in [2.24, 2.45) is 0 Å². The van der Waals surface area contributed by atoms with E-state index in [4.69, 9.17) is 10.5 Å². The molecule has 0 saturated carbocycles. The number of hydrogen-bond acceptors (Lipinski definition) is 5. The van der Waals surface area contributed by atoms with Crippen LogP contribution in [0.5, 0.6) is 0 Å². The van der Waals surface area contributed by atoms with E-state index in [9.17, 15) is 0 Å². The van der Waals surface area contributed by atoms with Crippen molar-refractivity contribution in [1.29, 1.82) is 0 Å². The SMILES string of the molecule is CC1OCCC1(C)Nc1ncncc1N. The predicted molar refractivity (Wildman–Crippen MR) is 58.5 cm³/mol. The van der Waals surface area contributed by atoms with E-state index < -0.39 is 0 Å². The molecule has 3 N–H and O–H groups in total. The molecule has 1 aliphatic rings. The van der Waals surface area contributed by atoms with Gasteiger partial charge in [-0.1, -0.05) is 0 Å². The summed E-state index contributed by atoms with van der Waals surface area (Å²) in [4.78, 5) is 7.97. The Labute approximate surface area is 89.1 Å². The fourth-order valence-corrected chi connectivity index (χ4v) is 1.71. The number of hydrogen-bond donors (Lipinski definition) is 2. The van der Waals surface area contributed by atoms with Gasteiger partial charge in [-0.05, 0) is 20.3 Å². The average Bonchev–Trinajstić information content (AvgIpc) is 2.51. The van der Waals surface area contributed by atoms with E-state index in [0.717, 1.165) is 13.0 Å². The van der Waals surface area contributed by atoms with Crippen LogP contribution in [0.2, 0.25) is 0 Å². The molecule has 1 fully saturated rings. The molecule has 1 aliphatic heterocycles. The van der Waals surface area contributed by atoms with Crippen molar-refractivity contribution in [3.63, 3.8) is 0 Å². The summed E-state index contributed by atoms with van der Waals surface area (Å²) in [6, 6.07) is 0. The third-order valence-electron chi connectivity index (χ3n) is 3.03. The zero-order chi connectivity index (χ0) is 10.9. The van der Waals surface area contributed by atoms with Gasteiger partial charge in [-0.3, -0.25) is 0 Å². The molecule has 15 heavy (non-hydrogen) atoms. The van der Waals surface area contributed by atoms with Crippen molar-refractivity contribution in [3.05, 3.63) is 12.5 Å². The van der Waals surface area contributed by atoms with Crippen LogP contribution in [0.4, 0.5) is 11.5 Å². The minimum atomic E-state index is -0.0948. The van der Waals surface area contributed by atoms with Gasteiger partial charge in [0.2, 0.25) is 0 Å². The molecular formula is C10H16N4O. The van der Waals surface area contributed by atoms with Gasteiger partial charge in [0.15, 0.2) is 5.82 Å². The minimum Gasteiger partial charge on any atom is -0.394 e. The average molecular weight is 208 g/mol. The first-order valence-electron chi connectivity index (χ1n) is 5.07. The molecule has 82 valence electrons. The number of aromatic nitrogens is 2. The molecule has 5 heteroatoms. The maximum Gasteiger partial charge on any atom is 0.153 e. The van der Waals surface area contributed by atoms with Gasteiger partial charge in [0, 0.05) is 6.61 Å². The molecule has 2 heterocycles. The molecule has 1 aromatic rings. The van der Waals surface area contributed by atoms with E-state index in [1.165, 1.54) is 6.33 Å². The molecule has 0 bridgehead atoms. The monoisotopic (exact) mass is 208 g/mol. The summed E-state index contributed by atoms with van der Waals surface area (Å²) < 4.78 is 5.53. The van der Waals surface area contributed by atoms with Gasteiger partial charge in [0.25, 0.3) is 0 Å². The zero-order valence-electron chi connectivity index (χ0n) is 9.03. The fraction of sp³-hybridized carbons (Fsp3) is 0.600. The molecule has 1 aromatic heterocycles. The molecule has 0 radical (unpaired) electrons. The van der Waals surface area contributed by atoms with E-state index in [2.05, 4.69) is 29.1 Å². The number of nitrogens with zero attached hydrogens (tertiary/aromatic N) is 2. The number of anilines is 2. The Hall–Kier alpha value is -1.36. The van der Waals surface area contributed by atoms with Crippen molar-refractivity contribution in [1.82, 2.24) is 9.97 Å². The van der Waals surface area contributed by atoms with Crippen molar-refractivity contribution in [2.45, 2.75) is 31.9 Å². The first kappa shape index (κ1) is 10.2. The molecule has 2 atom stereocenters. The van der Waals surface area contributed by atoms with Gasteiger partial charge >= 0.3 is 0 Å². The highest BCUT2D eigenvalue weighted by molar-refractivity contribution is 5.60. The number of nitrogens with two attached hydrogens (primary N) is 1. The smallest absolute Gasteiger partial charge is 0.153 e. The quantitative estimate of drug-likeness (QED) is 0.759. The Morgan fingerprint density at radius 1 is 1.67 bits per heavy atom. The Morgan fingerprint density at radius 3 is 3.07 bits per heavy atom. The van der Waals surface area contributed by atoms with Crippen molar-refractivity contribution in [2.75, 3.05) is 17.7 Å². The van der Waals surface area contributed by atoms with Gasteiger partial charge in [-0.2, -0.15) is 0 Å². The van der Waals surface area contributed by atoms with E-state index in [1.807, 2.05) is 0 Å². The van der Waals surface area contributed by atoms with E-state index >= 15 is 0 Å². The van der Waals surface area contributed by atoms with E-state index in [-0.39, 0.29) is 11.6 Å². The normalized spacial score (nSPS) is 30.4. The molecule has 0 spiro atoms. The largest absolute Gasteiger partial charge is 0.394 e. The molecule has 1 saturated heterocycles. The Morgan fingerprint density at radius 2 is 2.47 bits per heavy atom. The highest BCUT2D eigenvalue weighted by Gasteiger charge is 2.37. The van der Waals surface area contributed by atoms with Crippen molar-refractivity contribution >= 4 is 11.5 Å². The first-order chi connectivity index (χ1) is 7.12. The molecule has 2 rings (SSSR count). The molecule has 0 aliphatic carbocycles. The standard InChI is InChI=1S/C10H16N4O/c1-7-10(2,3-4-15-7)14-9-8(11)5-12-6-13-9/h5-7H,3-4,11H2,1-2H3,(H,12,13,14). The van der Waals surface area contributed by atoms with Crippen molar-refractivity contribution < 1.29 is 4.74 Å². The van der Waals surface area contributed by atoms with Gasteiger partial charge in [0.05, 0.1) is 23.5 Å². The summed E-state index contributed by atoms with van der Waals surface area (Å²) >= 11 is 0. The topological polar surface area (TPSA) is 73.1 Å². The van der Waals surface area contributed by atoms with Gasteiger partial charge in [-0.15, -0.1) is 0 Å². The Balaban J connectivity index is 2.18. The van der Waals surface area contributed by atoms with Gasteiger partial charge < -0.3 is 15.8 Å². The summed E-state index contributed by atoms with van der Waals surface area (Å²) in [5.74, 6) is 0.685. The summed E-state index contributed by atoms with van der Waals surface area (Å²) in [6.07, 6.45) is 4.20. The Bertz CT molecular complexity index is 357. The van der Waals surface area contributed by atoms with Crippen LogP contribution >= 0.6 is 0 Å². The third-order valence-corrected chi connectivity index (χ3v) is 3.03. The van der Waals surface area contributed by atoms with Gasteiger partial charge in [0.1, 0.15) is 6.33 Å². The lowest BCUT2D eigenvalue weighted by Crippen LogP contribution is -2.41. The highest BCUT2D eigenvalue weighted by Crippen LogP contribution is 2.30. The van der Waals surface area contributed by atoms with Gasteiger partial charge in [-0.25, -0.2) is 9.97 Å². The highest BCUT2D eigenvalue weighted by atomic mass is 16.5. The third kappa shape index (κ3) is 1.87. The maximum absolute atomic E-state index is 5.77. The lowest BCUT2D eigenvalue weighted by molar-refractivity contribution is 0.105.